The van der Waals surface area contributed by atoms with E-state index >= 15 is 0 Å². The molecule has 1 atom stereocenters. The maximum atomic E-state index is 11.4. The van der Waals surface area contributed by atoms with Gasteiger partial charge in [-0.15, -0.1) is 0 Å². The molecule has 0 radical (unpaired) electrons. The summed E-state index contributed by atoms with van der Waals surface area (Å²) in [7, 11) is 2.00. The lowest BCUT2D eigenvalue weighted by molar-refractivity contribution is -0.124. The van der Waals surface area contributed by atoms with Crippen molar-refractivity contribution in [2.45, 2.75) is 45.7 Å². The number of likely N-dealkylation sites (N-methyl/N-ethyl adjacent to an activating group) is 1. The lowest BCUT2D eigenvalue weighted by atomic mass is 10.00. The lowest BCUT2D eigenvalue weighted by Crippen LogP contribution is -2.60. The largest absolute Gasteiger partial charge is 0.368 e. The average molecular weight is 215 g/mol. The molecule has 1 unspecified atom stereocenters. The first kappa shape index (κ1) is 14.4. The van der Waals surface area contributed by atoms with Gasteiger partial charge in [-0.25, -0.2) is 0 Å². The summed E-state index contributed by atoms with van der Waals surface area (Å²) in [5.41, 5.74) is 4.80. The average Bonchev–Trinajstić information content (AvgIpc) is 2.14. The quantitative estimate of drug-likeness (QED) is 0.653. The number of amides is 1. The minimum atomic E-state index is -0.630. The molecule has 0 spiro atoms. The topological polar surface area (TPSA) is 58.4 Å². The van der Waals surface area contributed by atoms with Gasteiger partial charge in [0.2, 0.25) is 5.91 Å². The van der Waals surface area contributed by atoms with Crippen molar-refractivity contribution in [3.63, 3.8) is 0 Å². The lowest BCUT2D eigenvalue weighted by Gasteiger charge is -2.33. The van der Waals surface area contributed by atoms with E-state index in [0.29, 0.717) is 12.6 Å². The van der Waals surface area contributed by atoms with Gasteiger partial charge in [0, 0.05) is 12.6 Å². The summed E-state index contributed by atoms with van der Waals surface area (Å²) in [6.07, 6.45) is 0.994. The van der Waals surface area contributed by atoms with Gasteiger partial charge in [0.1, 0.15) is 5.54 Å². The molecule has 4 nitrogen and oxygen atoms in total. The van der Waals surface area contributed by atoms with E-state index in [2.05, 4.69) is 31.0 Å². The van der Waals surface area contributed by atoms with E-state index in [1.54, 1.807) is 0 Å². The summed E-state index contributed by atoms with van der Waals surface area (Å²) in [5, 5.41) is 3.21. The molecule has 0 aromatic carbocycles. The van der Waals surface area contributed by atoms with Gasteiger partial charge < -0.3 is 16.0 Å². The Bertz CT molecular complexity index is 206. The van der Waals surface area contributed by atoms with Crippen molar-refractivity contribution in [3.05, 3.63) is 0 Å². The van der Waals surface area contributed by atoms with Crippen LogP contribution in [0.15, 0.2) is 0 Å². The van der Waals surface area contributed by atoms with E-state index in [4.69, 9.17) is 5.73 Å². The van der Waals surface area contributed by atoms with Gasteiger partial charge in [-0.05, 0) is 40.8 Å². The molecular formula is C11H25N3O. The van der Waals surface area contributed by atoms with Crippen molar-refractivity contribution < 1.29 is 4.79 Å². The first-order valence-corrected chi connectivity index (χ1v) is 5.58. The van der Waals surface area contributed by atoms with Crippen LogP contribution in [0.3, 0.4) is 0 Å². The summed E-state index contributed by atoms with van der Waals surface area (Å²) >= 11 is 0. The molecule has 0 bridgehead atoms. The van der Waals surface area contributed by atoms with Crippen molar-refractivity contribution in [2.24, 2.45) is 5.73 Å². The molecule has 3 N–H and O–H groups in total. The molecule has 0 heterocycles. The van der Waals surface area contributed by atoms with Crippen LogP contribution in [0.2, 0.25) is 0 Å². The first-order valence-electron chi connectivity index (χ1n) is 5.58. The summed E-state index contributed by atoms with van der Waals surface area (Å²) in [6.45, 7) is 9.58. The van der Waals surface area contributed by atoms with Gasteiger partial charge in [-0.1, -0.05) is 6.92 Å². The van der Waals surface area contributed by atoms with Crippen LogP contribution in [0.4, 0.5) is 0 Å². The first-order chi connectivity index (χ1) is 6.83. The Kier molecular flexibility index (Phi) is 5.83. The fourth-order valence-corrected chi connectivity index (χ4v) is 1.30. The van der Waals surface area contributed by atoms with E-state index in [9.17, 15) is 4.79 Å². The van der Waals surface area contributed by atoms with Crippen molar-refractivity contribution >= 4 is 5.91 Å². The molecule has 4 heteroatoms. The predicted octanol–water partition coefficient (Wildman–Crippen LogP) is 0.570. The van der Waals surface area contributed by atoms with Crippen LogP contribution in [0.1, 0.15) is 34.1 Å². The van der Waals surface area contributed by atoms with Crippen LogP contribution in [0.25, 0.3) is 0 Å². The van der Waals surface area contributed by atoms with E-state index < -0.39 is 5.54 Å². The standard InChI is InChI=1S/C11H25N3O/c1-6-7-13-11(4,10(12)15)8-14(5)9(2)3/h9,13H,6-8H2,1-5H3,(H2,12,15). The van der Waals surface area contributed by atoms with E-state index in [-0.39, 0.29) is 5.91 Å². The minimum Gasteiger partial charge on any atom is -0.368 e. The second kappa shape index (κ2) is 6.08. The second-order valence-electron chi connectivity index (χ2n) is 4.63. The van der Waals surface area contributed by atoms with Crippen LogP contribution in [-0.2, 0) is 4.79 Å². The number of rotatable bonds is 7. The number of nitrogens with two attached hydrogens (primary N) is 1. The predicted molar refractivity (Wildman–Crippen MR) is 63.7 cm³/mol. The Balaban J connectivity index is 4.44. The molecule has 0 aliphatic heterocycles. The zero-order chi connectivity index (χ0) is 12.1. The smallest absolute Gasteiger partial charge is 0.238 e. The Morgan fingerprint density at radius 3 is 2.40 bits per heavy atom. The number of carbonyl (C=O) groups excluding carboxylic acids is 1. The fraction of sp³-hybridized carbons (Fsp3) is 0.909. The van der Waals surface area contributed by atoms with Crippen LogP contribution >= 0.6 is 0 Å². The van der Waals surface area contributed by atoms with E-state index in [1.807, 2.05) is 14.0 Å². The molecule has 0 aliphatic carbocycles. The summed E-state index contributed by atoms with van der Waals surface area (Å²) < 4.78 is 0. The molecular weight excluding hydrogens is 190 g/mol. The molecule has 0 aromatic rings. The normalized spacial score (nSPS) is 15.7. The molecule has 1 amide bonds. The highest BCUT2D eigenvalue weighted by Gasteiger charge is 2.31. The molecule has 0 saturated heterocycles. The highest BCUT2D eigenvalue weighted by molar-refractivity contribution is 5.84. The molecule has 0 aromatic heterocycles. The van der Waals surface area contributed by atoms with Gasteiger partial charge in [0.15, 0.2) is 0 Å². The maximum absolute atomic E-state index is 11.4. The Hall–Kier alpha value is -0.610. The minimum absolute atomic E-state index is 0.288. The number of carbonyl (C=O) groups is 1. The van der Waals surface area contributed by atoms with Crippen LogP contribution in [0, 0.1) is 0 Å². The zero-order valence-corrected chi connectivity index (χ0v) is 10.6. The Labute approximate surface area is 93.2 Å². The zero-order valence-electron chi connectivity index (χ0n) is 10.6. The van der Waals surface area contributed by atoms with Crippen molar-refractivity contribution in [1.29, 1.82) is 0 Å². The summed E-state index contributed by atoms with van der Waals surface area (Å²) in [5.74, 6) is -0.288. The van der Waals surface area contributed by atoms with Gasteiger partial charge in [0.25, 0.3) is 0 Å². The number of primary amides is 1. The fourth-order valence-electron chi connectivity index (χ4n) is 1.30. The number of nitrogens with zero attached hydrogens (tertiary/aromatic N) is 1. The summed E-state index contributed by atoms with van der Waals surface area (Å²) in [6, 6.07) is 0.409. The number of hydrogen-bond acceptors (Lipinski definition) is 3. The highest BCUT2D eigenvalue weighted by atomic mass is 16.1. The third-order valence-electron chi connectivity index (χ3n) is 2.76. The SMILES string of the molecule is CCCNC(C)(CN(C)C(C)C)C(N)=O. The summed E-state index contributed by atoms with van der Waals surface area (Å²) in [4.78, 5) is 13.5. The van der Waals surface area contributed by atoms with E-state index in [0.717, 1.165) is 13.0 Å². The van der Waals surface area contributed by atoms with Crippen molar-refractivity contribution in [2.75, 3.05) is 20.1 Å². The molecule has 0 fully saturated rings. The van der Waals surface area contributed by atoms with Gasteiger partial charge in [-0.3, -0.25) is 4.79 Å². The van der Waals surface area contributed by atoms with E-state index in [1.165, 1.54) is 0 Å². The Morgan fingerprint density at radius 1 is 1.53 bits per heavy atom. The molecule has 15 heavy (non-hydrogen) atoms. The third-order valence-corrected chi connectivity index (χ3v) is 2.76. The molecule has 0 aliphatic rings. The number of nitrogens with one attached hydrogen (secondary N) is 1. The highest BCUT2D eigenvalue weighted by Crippen LogP contribution is 2.07. The van der Waals surface area contributed by atoms with Crippen LogP contribution in [-0.4, -0.2) is 42.5 Å². The molecule has 0 rings (SSSR count). The van der Waals surface area contributed by atoms with Gasteiger partial charge >= 0.3 is 0 Å². The molecule has 90 valence electrons. The third kappa shape index (κ3) is 4.62. The molecule has 0 saturated carbocycles. The van der Waals surface area contributed by atoms with Crippen LogP contribution < -0.4 is 11.1 Å². The van der Waals surface area contributed by atoms with Gasteiger partial charge in [0.05, 0.1) is 0 Å². The van der Waals surface area contributed by atoms with Gasteiger partial charge in [-0.2, -0.15) is 0 Å². The number of hydrogen-bond donors (Lipinski definition) is 2. The second-order valence-corrected chi connectivity index (χ2v) is 4.63. The van der Waals surface area contributed by atoms with Crippen molar-refractivity contribution in [3.8, 4) is 0 Å². The monoisotopic (exact) mass is 215 g/mol. The Morgan fingerprint density at radius 2 is 2.07 bits per heavy atom. The van der Waals surface area contributed by atoms with Crippen molar-refractivity contribution in [1.82, 2.24) is 10.2 Å². The van der Waals surface area contributed by atoms with Crippen LogP contribution in [0.5, 0.6) is 0 Å². The maximum Gasteiger partial charge on any atom is 0.238 e.